The first-order valence-corrected chi connectivity index (χ1v) is 15.8. The van der Waals surface area contributed by atoms with Crippen molar-refractivity contribution in [1.29, 1.82) is 0 Å². The summed E-state index contributed by atoms with van der Waals surface area (Å²) in [7, 11) is 0.778. The Labute approximate surface area is 201 Å². The summed E-state index contributed by atoms with van der Waals surface area (Å²) in [5.74, 6) is 1.50. The summed E-state index contributed by atoms with van der Waals surface area (Å²) in [4.78, 5) is 32.5. The van der Waals surface area contributed by atoms with Gasteiger partial charge in [0.15, 0.2) is 0 Å². The predicted molar refractivity (Wildman–Crippen MR) is 136 cm³/mol. The van der Waals surface area contributed by atoms with Crippen molar-refractivity contribution in [2.75, 3.05) is 38.4 Å². The number of thioether (sulfide) groups is 1. The van der Waals surface area contributed by atoms with Crippen LogP contribution in [0.4, 0.5) is 10.6 Å². The van der Waals surface area contributed by atoms with Crippen LogP contribution in [-0.4, -0.2) is 67.9 Å². The lowest BCUT2D eigenvalue weighted by atomic mass is 10.1. The smallest absolute Gasteiger partial charge is 0.290 e. The summed E-state index contributed by atoms with van der Waals surface area (Å²) in [5.41, 5.74) is 0.994. The third-order valence-corrected chi connectivity index (χ3v) is 8.08. The highest BCUT2D eigenvalue weighted by molar-refractivity contribution is 8.15. The average molecular weight is 488 g/mol. The molecule has 1 atom stereocenters. The van der Waals surface area contributed by atoms with Crippen molar-refractivity contribution in [3.05, 3.63) is 54.2 Å². The fourth-order valence-electron chi connectivity index (χ4n) is 3.21. The first kappa shape index (κ1) is 25.3. The summed E-state index contributed by atoms with van der Waals surface area (Å²) in [6, 6.07) is 14.5. The Balaban J connectivity index is 1.42. The molecular formula is C24H33N3O4SSi. The fraction of sp³-hybridized carbons (Fsp3) is 0.458. The Bertz CT molecular complexity index is 922. The molecule has 0 N–H and O–H groups in total. The minimum atomic E-state index is -1.20. The highest BCUT2D eigenvalue weighted by Crippen LogP contribution is 2.30. The molecule has 178 valence electrons. The Hall–Kier alpha value is -2.36. The van der Waals surface area contributed by atoms with Crippen LogP contribution in [0.25, 0.3) is 0 Å². The number of likely N-dealkylation sites (N-methyl/N-ethyl adjacent to an activating group) is 1. The van der Waals surface area contributed by atoms with Crippen LogP contribution in [0.5, 0.6) is 5.75 Å². The second kappa shape index (κ2) is 11.7. The molecule has 1 aromatic heterocycles. The molecule has 3 rings (SSSR count). The molecule has 1 fully saturated rings. The number of ether oxygens (including phenoxy) is 2. The summed E-state index contributed by atoms with van der Waals surface area (Å²) in [6.07, 6.45) is 2.27. The van der Waals surface area contributed by atoms with Gasteiger partial charge in [-0.3, -0.25) is 9.59 Å². The lowest BCUT2D eigenvalue weighted by Crippen LogP contribution is -2.34. The van der Waals surface area contributed by atoms with Crippen molar-refractivity contribution in [2.24, 2.45) is 0 Å². The quantitative estimate of drug-likeness (QED) is 0.322. The molecule has 1 saturated heterocycles. The van der Waals surface area contributed by atoms with Gasteiger partial charge >= 0.3 is 0 Å². The van der Waals surface area contributed by atoms with Crippen LogP contribution in [0.1, 0.15) is 5.56 Å². The van der Waals surface area contributed by atoms with Crippen molar-refractivity contribution >= 4 is 36.8 Å². The van der Waals surface area contributed by atoms with Crippen molar-refractivity contribution < 1.29 is 19.1 Å². The zero-order chi connectivity index (χ0) is 23.8. The lowest BCUT2D eigenvalue weighted by molar-refractivity contribution is -0.130. The monoisotopic (exact) mass is 487 g/mol. The van der Waals surface area contributed by atoms with Crippen LogP contribution < -0.4 is 9.64 Å². The zero-order valence-corrected chi connectivity index (χ0v) is 21.6. The van der Waals surface area contributed by atoms with E-state index in [0.29, 0.717) is 26.2 Å². The molecule has 1 aromatic carbocycles. The molecule has 0 aliphatic carbocycles. The van der Waals surface area contributed by atoms with Crippen LogP contribution in [0.15, 0.2) is 48.7 Å². The summed E-state index contributed by atoms with van der Waals surface area (Å²) in [6.45, 7) is 8.68. The number of carbonyl (C=O) groups excluding carboxylic acids is 2. The van der Waals surface area contributed by atoms with Gasteiger partial charge in [-0.05, 0) is 42.3 Å². The van der Waals surface area contributed by atoms with E-state index in [1.54, 1.807) is 6.20 Å². The first-order valence-electron chi connectivity index (χ1n) is 11.2. The van der Waals surface area contributed by atoms with Crippen LogP contribution in [0.3, 0.4) is 0 Å². The van der Waals surface area contributed by atoms with E-state index in [1.165, 1.54) is 4.90 Å². The van der Waals surface area contributed by atoms with E-state index in [0.717, 1.165) is 34.9 Å². The largest absolute Gasteiger partial charge is 0.492 e. The highest BCUT2D eigenvalue weighted by Gasteiger charge is 2.39. The van der Waals surface area contributed by atoms with Crippen LogP contribution >= 0.6 is 11.8 Å². The Morgan fingerprint density at radius 2 is 1.85 bits per heavy atom. The topological polar surface area (TPSA) is 72.0 Å². The predicted octanol–water partition coefficient (Wildman–Crippen LogP) is 4.52. The number of anilines is 1. The molecule has 1 aliphatic rings. The molecule has 1 unspecified atom stereocenters. The second-order valence-electron chi connectivity index (χ2n) is 9.29. The van der Waals surface area contributed by atoms with Gasteiger partial charge in [0.25, 0.3) is 5.24 Å². The number of amides is 2. The standard InChI is InChI=1S/C24H33N3O4SSi/c1-26(22-7-5-6-12-25-22)13-14-31-20-10-8-19(9-11-20)17-21-23(28)27(24(29)32-21)18-30-15-16-33(2,3)4/h5-12,21H,13-18H2,1-4H3. The van der Waals surface area contributed by atoms with Gasteiger partial charge in [-0.15, -0.1) is 0 Å². The van der Waals surface area contributed by atoms with E-state index in [-0.39, 0.29) is 17.9 Å². The van der Waals surface area contributed by atoms with E-state index >= 15 is 0 Å². The van der Waals surface area contributed by atoms with E-state index in [9.17, 15) is 9.59 Å². The molecule has 1 aliphatic heterocycles. The number of imide groups is 1. The minimum Gasteiger partial charge on any atom is -0.492 e. The molecule has 0 radical (unpaired) electrons. The number of rotatable bonds is 12. The van der Waals surface area contributed by atoms with Gasteiger partial charge in [-0.2, -0.15) is 0 Å². The number of nitrogens with zero attached hydrogens (tertiary/aromatic N) is 3. The molecule has 33 heavy (non-hydrogen) atoms. The zero-order valence-electron chi connectivity index (χ0n) is 19.8. The van der Waals surface area contributed by atoms with Gasteiger partial charge in [0.2, 0.25) is 5.91 Å². The molecule has 2 heterocycles. The SMILES string of the molecule is CN(CCOc1ccc(CC2SC(=O)N(COCC[Si](C)(C)C)C2=O)cc1)c1ccccn1. The fourth-order valence-corrected chi connectivity index (χ4v) is 4.98. The second-order valence-corrected chi connectivity index (χ2v) is 16.1. The molecule has 7 nitrogen and oxygen atoms in total. The summed E-state index contributed by atoms with van der Waals surface area (Å²) in [5, 5.41) is -0.633. The van der Waals surface area contributed by atoms with Crippen molar-refractivity contribution in [3.8, 4) is 5.75 Å². The molecule has 2 amide bonds. The molecule has 9 heteroatoms. The highest BCUT2D eigenvalue weighted by atomic mass is 32.2. The number of hydrogen-bond acceptors (Lipinski definition) is 7. The number of benzene rings is 1. The number of pyridine rings is 1. The van der Waals surface area contributed by atoms with Crippen molar-refractivity contribution in [1.82, 2.24) is 9.88 Å². The maximum atomic E-state index is 12.7. The minimum absolute atomic E-state index is 0.0470. The van der Waals surface area contributed by atoms with E-state index < -0.39 is 13.3 Å². The maximum Gasteiger partial charge on any atom is 0.290 e. The maximum absolute atomic E-state index is 12.7. The van der Waals surface area contributed by atoms with Crippen LogP contribution in [0, 0.1) is 0 Å². The van der Waals surface area contributed by atoms with Gasteiger partial charge in [-0.25, -0.2) is 9.88 Å². The third kappa shape index (κ3) is 7.87. The van der Waals surface area contributed by atoms with E-state index in [4.69, 9.17) is 9.47 Å². The Morgan fingerprint density at radius 1 is 1.09 bits per heavy atom. The summed E-state index contributed by atoms with van der Waals surface area (Å²) >= 11 is 1.08. The third-order valence-electron chi connectivity index (χ3n) is 5.30. The van der Waals surface area contributed by atoms with Gasteiger partial charge in [-0.1, -0.05) is 49.6 Å². The Morgan fingerprint density at radius 3 is 2.52 bits per heavy atom. The molecule has 0 saturated carbocycles. The molecule has 0 spiro atoms. The van der Waals surface area contributed by atoms with Crippen LogP contribution in [-0.2, 0) is 16.0 Å². The van der Waals surface area contributed by atoms with Crippen molar-refractivity contribution in [3.63, 3.8) is 0 Å². The van der Waals surface area contributed by atoms with E-state index in [2.05, 4.69) is 24.6 Å². The van der Waals surface area contributed by atoms with Gasteiger partial charge < -0.3 is 14.4 Å². The first-order chi connectivity index (χ1) is 15.7. The molecule has 2 aromatic rings. The van der Waals surface area contributed by atoms with Gasteiger partial charge in [0, 0.05) is 27.9 Å². The summed E-state index contributed by atoms with van der Waals surface area (Å²) < 4.78 is 11.5. The number of carbonyl (C=O) groups is 2. The van der Waals surface area contributed by atoms with Crippen molar-refractivity contribution in [2.45, 2.75) is 37.4 Å². The number of aromatic nitrogens is 1. The Kier molecular flexibility index (Phi) is 8.93. The molecule has 0 bridgehead atoms. The van der Waals surface area contributed by atoms with Gasteiger partial charge in [0.1, 0.15) is 24.9 Å². The van der Waals surface area contributed by atoms with Crippen LogP contribution in [0.2, 0.25) is 25.7 Å². The van der Waals surface area contributed by atoms with E-state index in [1.807, 2.05) is 54.4 Å². The molecular weight excluding hydrogens is 454 g/mol. The lowest BCUT2D eigenvalue weighted by Gasteiger charge is -2.18. The number of hydrogen-bond donors (Lipinski definition) is 0. The normalized spacial score (nSPS) is 16.4. The van der Waals surface area contributed by atoms with Gasteiger partial charge in [0.05, 0.1) is 11.8 Å². The average Bonchev–Trinajstić information content (AvgIpc) is 3.04.